The Labute approximate surface area is 93.1 Å². The van der Waals surface area contributed by atoms with E-state index in [-0.39, 0.29) is 23.0 Å². The molecule has 0 radical (unpaired) electrons. The van der Waals surface area contributed by atoms with Crippen molar-refractivity contribution in [2.45, 2.75) is 6.36 Å². The molecule has 0 spiro atoms. The quantitative estimate of drug-likeness (QED) is 0.628. The summed E-state index contributed by atoms with van der Waals surface area (Å²) in [5.41, 5.74) is 0. The average molecular weight is 415 g/mol. The third kappa shape index (κ3) is 4.34. The number of rotatable bonds is 2. The molecule has 0 amide bonds. The van der Waals surface area contributed by atoms with Gasteiger partial charge >= 0.3 is 93.7 Å². The van der Waals surface area contributed by atoms with E-state index in [1.807, 2.05) is 0 Å². The molecule has 0 bridgehead atoms. The summed E-state index contributed by atoms with van der Waals surface area (Å²) in [4.78, 5) is 0. The number of hydrogen-bond acceptors (Lipinski definition) is 1. The van der Waals surface area contributed by atoms with Crippen LogP contribution in [0.1, 0.15) is 0 Å². The predicted molar refractivity (Wildman–Crippen MR) is 45.8 cm³/mol. The predicted octanol–water partition coefficient (Wildman–Crippen LogP) is 0.194. The van der Waals surface area contributed by atoms with Crippen LogP contribution in [0, 0.1) is 3.57 Å². The maximum absolute atomic E-state index is 11.8. The second-order valence-electron chi connectivity index (χ2n) is 2.08. The molecule has 0 heterocycles. The van der Waals surface area contributed by atoms with E-state index in [1.165, 1.54) is 12.1 Å². The number of alkyl halides is 3. The van der Waals surface area contributed by atoms with Gasteiger partial charge in [0.2, 0.25) is 0 Å². The van der Waals surface area contributed by atoms with Crippen molar-refractivity contribution in [1.82, 2.24) is 0 Å². The second-order valence-corrected chi connectivity index (χ2v) is 6.47. The molecular formula is C7H4F3I2O-. The van der Waals surface area contributed by atoms with Gasteiger partial charge in [-0.25, -0.2) is 0 Å². The van der Waals surface area contributed by atoms with Crippen LogP contribution in [0.15, 0.2) is 24.3 Å². The van der Waals surface area contributed by atoms with Gasteiger partial charge in [0.1, 0.15) is 0 Å². The molecule has 0 unspecified atom stereocenters. The first kappa shape index (κ1) is 11.3. The Kier molecular flexibility index (Phi) is 4.07. The fourth-order valence-corrected chi connectivity index (χ4v) is 3.18. The van der Waals surface area contributed by atoms with Crippen molar-refractivity contribution in [1.29, 1.82) is 0 Å². The molecule has 0 fully saturated rings. The fourth-order valence-electron chi connectivity index (χ4n) is 0.709. The van der Waals surface area contributed by atoms with E-state index in [0.717, 1.165) is 3.57 Å². The van der Waals surface area contributed by atoms with Crippen LogP contribution in [0.2, 0.25) is 0 Å². The van der Waals surface area contributed by atoms with Crippen molar-refractivity contribution in [3.8, 4) is 5.75 Å². The summed E-state index contributed by atoms with van der Waals surface area (Å²) in [6.45, 7) is 0. The van der Waals surface area contributed by atoms with E-state index >= 15 is 0 Å². The van der Waals surface area contributed by atoms with Gasteiger partial charge in [-0.3, -0.25) is 0 Å². The first-order valence-electron chi connectivity index (χ1n) is 3.13. The third-order valence-corrected chi connectivity index (χ3v) is 5.41. The van der Waals surface area contributed by atoms with E-state index in [0.29, 0.717) is 0 Å². The molecule has 74 valence electrons. The summed E-state index contributed by atoms with van der Waals surface area (Å²) in [6.07, 6.45) is -4.60. The Balaban J connectivity index is 2.78. The molecule has 0 aliphatic carbocycles. The molecule has 1 rings (SSSR count). The molecular weight excluding hydrogens is 411 g/mol. The van der Waals surface area contributed by atoms with Crippen molar-refractivity contribution in [3.63, 3.8) is 0 Å². The minimum atomic E-state index is -4.60. The van der Waals surface area contributed by atoms with Crippen LogP contribution < -0.4 is 22.0 Å². The van der Waals surface area contributed by atoms with Gasteiger partial charge in [-0.15, -0.1) is 0 Å². The van der Waals surface area contributed by atoms with E-state index in [9.17, 15) is 13.2 Å². The summed E-state index contributed by atoms with van der Waals surface area (Å²) in [5.74, 6) is -0.138. The van der Waals surface area contributed by atoms with Gasteiger partial charge in [0, 0.05) is 0 Å². The van der Waals surface area contributed by atoms with E-state index in [4.69, 9.17) is 0 Å². The normalized spacial score (nSPS) is 11.7. The van der Waals surface area contributed by atoms with Crippen molar-refractivity contribution >= 4 is 18.6 Å². The molecule has 0 atom stereocenters. The van der Waals surface area contributed by atoms with Crippen LogP contribution in [0.3, 0.4) is 0 Å². The Bertz CT molecular complexity index is 287. The molecule has 6 heteroatoms. The molecule has 1 aromatic carbocycles. The fraction of sp³-hybridized carbons (Fsp3) is 0.143. The van der Waals surface area contributed by atoms with Gasteiger partial charge in [0.05, 0.1) is 0 Å². The monoisotopic (exact) mass is 415 g/mol. The zero-order valence-corrected chi connectivity index (χ0v) is 10.4. The average Bonchev–Trinajstić information content (AvgIpc) is 2.01. The standard InChI is InChI=1S/C7H4F3I2O/c8-7(9,10)13-6-3-1-2-5(4-6)12-11/h1-4H/q-1. The summed E-state index contributed by atoms with van der Waals surface area (Å²) in [5, 5.41) is 0. The van der Waals surface area contributed by atoms with Gasteiger partial charge < -0.3 is 0 Å². The summed E-state index contributed by atoms with van der Waals surface area (Å²) in [7, 11) is 0. The Hall–Kier alpha value is 0.270. The third-order valence-electron chi connectivity index (χ3n) is 1.11. The van der Waals surface area contributed by atoms with Gasteiger partial charge in [0.25, 0.3) is 0 Å². The summed E-state index contributed by atoms with van der Waals surface area (Å²) >= 11 is 1.95. The van der Waals surface area contributed by atoms with Crippen molar-refractivity contribution < 1.29 is 35.1 Å². The number of halogens is 5. The van der Waals surface area contributed by atoms with Crippen molar-refractivity contribution in [2.24, 2.45) is 0 Å². The first-order chi connectivity index (χ1) is 6.01. The minimum absolute atomic E-state index is 0.138. The van der Waals surface area contributed by atoms with Crippen molar-refractivity contribution in [3.05, 3.63) is 27.8 Å². The molecule has 0 saturated carbocycles. The topological polar surface area (TPSA) is 9.23 Å². The Morgan fingerprint density at radius 2 is 2.00 bits per heavy atom. The van der Waals surface area contributed by atoms with Crippen LogP contribution in [0.25, 0.3) is 0 Å². The zero-order chi connectivity index (χ0) is 9.90. The Morgan fingerprint density at radius 1 is 1.31 bits per heavy atom. The number of hydrogen-bond donors (Lipinski definition) is 0. The summed E-state index contributed by atoms with van der Waals surface area (Å²) < 4.78 is 40.0. The second kappa shape index (κ2) is 4.67. The molecule has 1 nitrogen and oxygen atoms in total. The van der Waals surface area contributed by atoms with Gasteiger partial charge in [-0.05, 0) is 0 Å². The Morgan fingerprint density at radius 3 is 2.54 bits per heavy atom. The van der Waals surface area contributed by atoms with Crippen molar-refractivity contribution in [2.75, 3.05) is 0 Å². The molecule has 0 aliphatic rings. The van der Waals surface area contributed by atoms with Crippen LogP contribution in [-0.4, -0.2) is 6.36 Å². The van der Waals surface area contributed by atoms with Crippen LogP contribution in [-0.2, 0) is 0 Å². The molecule has 0 saturated heterocycles. The first-order valence-corrected chi connectivity index (χ1v) is 10.5. The van der Waals surface area contributed by atoms with Gasteiger partial charge in [0.15, 0.2) is 0 Å². The molecule has 0 aliphatic heterocycles. The van der Waals surface area contributed by atoms with Crippen LogP contribution in [0.4, 0.5) is 13.2 Å². The van der Waals surface area contributed by atoms with Gasteiger partial charge in [-0.1, -0.05) is 0 Å². The van der Waals surface area contributed by atoms with E-state index in [2.05, 4.69) is 23.4 Å². The van der Waals surface area contributed by atoms with E-state index in [1.54, 1.807) is 12.1 Å². The molecule has 0 N–H and O–H groups in total. The van der Waals surface area contributed by atoms with Crippen LogP contribution >= 0.6 is 18.6 Å². The number of ether oxygens (including phenoxy) is 1. The maximum atomic E-state index is 11.8. The van der Waals surface area contributed by atoms with E-state index < -0.39 is 6.36 Å². The summed E-state index contributed by atoms with van der Waals surface area (Å²) in [6, 6.07) is 6.08. The number of benzene rings is 1. The molecule has 13 heavy (non-hydrogen) atoms. The zero-order valence-electron chi connectivity index (χ0n) is 6.11. The molecule has 1 aromatic rings. The van der Waals surface area contributed by atoms with Crippen LogP contribution in [0.5, 0.6) is 5.75 Å². The SMILES string of the molecule is FC(F)(F)Oc1cccc([I-]I)c1. The molecule has 0 aromatic heterocycles. The van der Waals surface area contributed by atoms with Gasteiger partial charge in [-0.2, -0.15) is 0 Å².